The van der Waals surface area contributed by atoms with Crippen LogP contribution in [-0.2, 0) is 9.47 Å². The zero-order valence-corrected chi connectivity index (χ0v) is 13.5. The average Bonchev–Trinajstić information content (AvgIpc) is 2.35. The van der Waals surface area contributed by atoms with Gasteiger partial charge in [-0.1, -0.05) is 19.1 Å². The third kappa shape index (κ3) is 6.99. The summed E-state index contributed by atoms with van der Waals surface area (Å²) in [5.74, 6) is 0.379. The smallest absolute Gasteiger partial charge is 0.412 e. The van der Waals surface area contributed by atoms with Crippen LogP contribution in [0.4, 0.5) is 16.2 Å². The lowest BCUT2D eigenvalue weighted by molar-refractivity contribution is 0.0636. The number of anilines is 2. The summed E-state index contributed by atoms with van der Waals surface area (Å²) in [6, 6.07) is 7.56. The largest absolute Gasteiger partial charge is 0.444 e. The van der Waals surface area contributed by atoms with E-state index < -0.39 is 11.7 Å². The number of methoxy groups -OCH3 is 1. The molecule has 1 unspecified atom stereocenters. The molecule has 0 bridgehead atoms. The van der Waals surface area contributed by atoms with Crippen LogP contribution in [0.25, 0.3) is 0 Å². The minimum atomic E-state index is -0.514. The molecule has 21 heavy (non-hydrogen) atoms. The molecular formula is C16H26N2O3. The first-order valence-corrected chi connectivity index (χ1v) is 7.13. The second-order valence-electron chi connectivity index (χ2n) is 6.11. The Labute approximate surface area is 127 Å². The highest BCUT2D eigenvalue weighted by atomic mass is 16.6. The molecule has 1 amide bonds. The number of carbonyl (C=O) groups is 1. The van der Waals surface area contributed by atoms with Crippen molar-refractivity contribution in [3.63, 3.8) is 0 Å². The molecule has 0 saturated heterocycles. The van der Waals surface area contributed by atoms with Crippen molar-refractivity contribution in [2.75, 3.05) is 30.9 Å². The molecule has 0 aliphatic heterocycles. The number of nitrogens with one attached hydrogen (secondary N) is 2. The van der Waals surface area contributed by atoms with Crippen molar-refractivity contribution in [2.45, 2.75) is 33.3 Å². The van der Waals surface area contributed by atoms with Crippen LogP contribution in [0, 0.1) is 5.92 Å². The molecule has 5 heteroatoms. The van der Waals surface area contributed by atoms with Crippen molar-refractivity contribution in [1.29, 1.82) is 0 Å². The molecule has 0 spiro atoms. The van der Waals surface area contributed by atoms with E-state index in [1.54, 1.807) is 7.11 Å². The Hall–Kier alpha value is -1.75. The molecule has 1 aromatic rings. The van der Waals surface area contributed by atoms with Gasteiger partial charge in [-0.2, -0.15) is 0 Å². The first kappa shape index (κ1) is 17.3. The molecule has 5 nitrogen and oxygen atoms in total. The van der Waals surface area contributed by atoms with Gasteiger partial charge >= 0.3 is 6.09 Å². The van der Waals surface area contributed by atoms with Crippen LogP contribution >= 0.6 is 0 Å². The number of amides is 1. The van der Waals surface area contributed by atoms with Crippen LogP contribution < -0.4 is 10.6 Å². The van der Waals surface area contributed by atoms with Crippen LogP contribution in [-0.4, -0.2) is 32.0 Å². The van der Waals surface area contributed by atoms with E-state index in [0.29, 0.717) is 18.2 Å². The number of para-hydroxylation sites is 2. The predicted molar refractivity (Wildman–Crippen MR) is 85.8 cm³/mol. The van der Waals surface area contributed by atoms with Gasteiger partial charge in [-0.25, -0.2) is 4.79 Å². The van der Waals surface area contributed by atoms with Crippen molar-refractivity contribution in [3.8, 4) is 0 Å². The summed E-state index contributed by atoms with van der Waals surface area (Å²) in [6.45, 7) is 9.06. The maximum atomic E-state index is 11.8. The summed E-state index contributed by atoms with van der Waals surface area (Å²) in [7, 11) is 1.69. The van der Waals surface area contributed by atoms with E-state index in [2.05, 4.69) is 17.6 Å². The van der Waals surface area contributed by atoms with Gasteiger partial charge in [0.2, 0.25) is 0 Å². The lowest BCUT2D eigenvalue weighted by atomic mass is 10.2. The lowest BCUT2D eigenvalue weighted by Gasteiger charge is -2.21. The monoisotopic (exact) mass is 294 g/mol. The fourth-order valence-corrected chi connectivity index (χ4v) is 1.79. The Balaban J connectivity index is 2.64. The Morgan fingerprint density at radius 3 is 2.43 bits per heavy atom. The van der Waals surface area contributed by atoms with Crippen molar-refractivity contribution >= 4 is 17.5 Å². The highest BCUT2D eigenvalue weighted by Gasteiger charge is 2.17. The third-order valence-corrected chi connectivity index (χ3v) is 2.65. The summed E-state index contributed by atoms with van der Waals surface area (Å²) in [6.07, 6.45) is -0.457. The van der Waals surface area contributed by atoms with E-state index >= 15 is 0 Å². The Kier molecular flexibility index (Phi) is 6.49. The van der Waals surface area contributed by atoms with Gasteiger partial charge in [-0.15, -0.1) is 0 Å². The molecule has 0 radical (unpaired) electrons. The number of hydrogen-bond acceptors (Lipinski definition) is 4. The predicted octanol–water partition coefficient (Wildman–Crippen LogP) is 3.73. The van der Waals surface area contributed by atoms with E-state index in [0.717, 1.165) is 12.2 Å². The van der Waals surface area contributed by atoms with Gasteiger partial charge in [-0.3, -0.25) is 5.32 Å². The van der Waals surface area contributed by atoms with Gasteiger partial charge in [0, 0.05) is 13.7 Å². The SMILES string of the molecule is COCC(C)CNc1ccccc1NC(=O)OC(C)(C)C. The van der Waals surface area contributed by atoms with E-state index in [1.165, 1.54) is 0 Å². The Morgan fingerprint density at radius 1 is 1.24 bits per heavy atom. The van der Waals surface area contributed by atoms with E-state index in [-0.39, 0.29) is 0 Å². The van der Waals surface area contributed by atoms with Crippen molar-refractivity contribution in [1.82, 2.24) is 0 Å². The van der Waals surface area contributed by atoms with E-state index in [4.69, 9.17) is 9.47 Å². The molecule has 1 atom stereocenters. The second-order valence-corrected chi connectivity index (χ2v) is 6.11. The highest BCUT2D eigenvalue weighted by molar-refractivity contribution is 5.89. The number of hydrogen-bond donors (Lipinski definition) is 2. The first-order chi connectivity index (χ1) is 9.81. The molecule has 1 rings (SSSR count). The van der Waals surface area contributed by atoms with E-state index in [9.17, 15) is 4.79 Å². The summed E-state index contributed by atoms with van der Waals surface area (Å²) in [5.41, 5.74) is 1.06. The van der Waals surface area contributed by atoms with Crippen LogP contribution in [0.2, 0.25) is 0 Å². The molecule has 118 valence electrons. The van der Waals surface area contributed by atoms with E-state index in [1.807, 2.05) is 45.0 Å². The van der Waals surface area contributed by atoms with Crippen LogP contribution in [0.3, 0.4) is 0 Å². The Bertz CT molecular complexity index is 455. The van der Waals surface area contributed by atoms with Gasteiger partial charge < -0.3 is 14.8 Å². The number of ether oxygens (including phenoxy) is 2. The molecule has 0 aliphatic carbocycles. The first-order valence-electron chi connectivity index (χ1n) is 7.13. The summed E-state index contributed by atoms with van der Waals surface area (Å²) < 4.78 is 10.4. The van der Waals surface area contributed by atoms with Crippen molar-refractivity contribution in [3.05, 3.63) is 24.3 Å². The van der Waals surface area contributed by atoms with Crippen LogP contribution in [0.5, 0.6) is 0 Å². The Morgan fingerprint density at radius 2 is 1.86 bits per heavy atom. The second kappa shape index (κ2) is 7.88. The molecule has 2 N–H and O–H groups in total. The maximum absolute atomic E-state index is 11.8. The lowest BCUT2D eigenvalue weighted by Crippen LogP contribution is -2.27. The summed E-state index contributed by atoms with van der Waals surface area (Å²) in [4.78, 5) is 11.8. The van der Waals surface area contributed by atoms with Crippen molar-refractivity contribution in [2.24, 2.45) is 5.92 Å². The summed E-state index contributed by atoms with van der Waals surface area (Å²) in [5, 5.41) is 6.08. The topological polar surface area (TPSA) is 59.6 Å². The molecule has 0 saturated carbocycles. The quantitative estimate of drug-likeness (QED) is 0.839. The van der Waals surface area contributed by atoms with Crippen LogP contribution in [0.15, 0.2) is 24.3 Å². The van der Waals surface area contributed by atoms with Crippen LogP contribution in [0.1, 0.15) is 27.7 Å². The van der Waals surface area contributed by atoms with Gasteiger partial charge in [0.05, 0.1) is 18.0 Å². The molecule has 0 fully saturated rings. The minimum absolute atomic E-state index is 0.379. The summed E-state index contributed by atoms with van der Waals surface area (Å²) >= 11 is 0. The standard InChI is InChI=1S/C16H26N2O3/c1-12(11-20-5)10-17-13-8-6-7-9-14(13)18-15(19)21-16(2,3)4/h6-9,12,17H,10-11H2,1-5H3,(H,18,19). The molecule has 1 aromatic carbocycles. The third-order valence-electron chi connectivity index (χ3n) is 2.65. The fraction of sp³-hybridized carbons (Fsp3) is 0.562. The van der Waals surface area contributed by atoms with Gasteiger partial charge in [0.15, 0.2) is 0 Å². The van der Waals surface area contributed by atoms with Gasteiger partial charge in [0.1, 0.15) is 5.60 Å². The average molecular weight is 294 g/mol. The van der Waals surface area contributed by atoms with Gasteiger partial charge in [0.25, 0.3) is 0 Å². The van der Waals surface area contributed by atoms with Crippen molar-refractivity contribution < 1.29 is 14.3 Å². The number of rotatable bonds is 6. The minimum Gasteiger partial charge on any atom is -0.444 e. The highest BCUT2D eigenvalue weighted by Crippen LogP contribution is 2.22. The molecule has 0 aliphatic rings. The fourth-order valence-electron chi connectivity index (χ4n) is 1.79. The zero-order chi connectivity index (χ0) is 15.9. The number of carbonyl (C=O) groups excluding carboxylic acids is 1. The molecule has 0 heterocycles. The maximum Gasteiger partial charge on any atom is 0.412 e. The zero-order valence-electron chi connectivity index (χ0n) is 13.5. The normalized spacial score (nSPS) is 12.6. The number of benzene rings is 1. The molecular weight excluding hydrogens is 268 g/mol. The van der Waals surface area contributed by atoms with Gasteiger partial charge in [-0.05, 0) is 38.8 Å². The molecule has 0 aromatic heterocycles.